The Morgan fingerprint density at radius 1 is 0.438 bits per heavy atom. The minimum atomic E-state index is -0.0641. The zero-order valence-corrected chi connectivity index (χ0v) is 39.8. The Morgan fingerprint density at radius 3 is 1.62 bits per heavy atom. The van der Waals surface area contributed by atoms with Crippen LogP contribution in [0.3, 0.4) is 0 Å². The van der Waals surface area contributed by atoms with Crippen molar-refractivity contribution in [2.75, 3.05) is 14.7 Å². The monoisotopic (exact) mass is 836 g/mol. The second-order valence-corrected chi connectivity index (χ2v) is 22.7. The van der Waals surface area contributed by atoms with Crippen LogP contribution in [0.15, 0.2) is 152 Å². The number of benzene rings is 7. The highest BCUT2D eigenvalue weighted by Gasteiger charge is 2.63. The number of hydrogen-bond acceptors (Lipinski definition) is 3. The van der Waals surface area contributed by atoms with Crippen LogP contribution in [0.25, 0.3) is 11.1 Å². The minimum absolute atomic E-state index is 0.0163. The molecule has 0 saturated heterocycles. The number of fused-ring (bicyclic) bond motifs is 7. The lowest BCUT2D eigenvalue weighted by Crippen LogP contribution is -2.62. The van der Waals surface area contributed by atoms with Gasteiger partial charge in [0.15, 0.2) is 0 Å². The van der Waals surface area contributed by atoms with Crippen LogP contribution in [0.5, 0.6) is 0 Å². The first-order valence-electron chi connectivity index (χ1n) is 23.6. The van der Waals surface area contributed by atoms with Crippen LogP contribution in [-0.4, -0.2) is 12.3 Å². The lowest BCUT2D eigenvalue weighted by Gasteiger charge is -2.56. The van der Waals surface area contributed by atoms with Gasteiger partial charge in [0.05, 0.1) is 11.2 Å². The lowest BCUT2D eigenvalue weighted by atomic mass is 9.33. The van der Waals surface area contributed by atoms with E-state index in [1.807, 2.05) is 0 Å². The molecular weight excluding hydrogens is 773 g/mol. The molecule has 64 heavy (non-hydrogen) atoms. The summed E-state index contributed by atoms with van der Waals surface area (Å²) in [4.78, 5) is 7.97. The second-order valence-electron chi connectivity index (χ2n) is 22.7. The van der Waals surface area contributed by atoms with Gasteiger partial charge in [0.1, 0.15) is 0 Å². The summed E-state index contributed by atoms with van der Waals surface area (Å²) in [7, 11) is 0. The molecule has 4 heteroatoms. The Balaban J connectivity index is 1.27. The molecule has 3 aliphatic heterocycles. The van der Waals surface area contributed by atoms with Gasteiger partial charge in [-0.05, 0) is 135 Å². The van der Waals surface area contributed by atoms with E-state index in [4.69, 9.17) is 0 Å². The van der Waals surface area contributed by atoms with Crippen molar-refractivity contribution < 1.29 is 0 Å². The van der Waals surface area contributed by atoms with E-state index in [0.29, 0.717) is 0 Å². The smallest absolute Gasteiger partial charge is 0.252 e. The third-order valence-electron chi connectivity index (χ3n) is 15.8. The van der Waals surface area contributed by atoms with Gasteiger partial charge < -0.3 is 14.7 Å². The maximum absolute atomic E-state index is 2.73. The average molecular weight is 836 g/mol. The molecule has 4 aliphatic rings. The molecule has 0 radical (unpaired) electrons. The SMILES string of the molecule is CC(C)(C)c1ccc(N2c3ccc(C(C)(C)C)cc3B3c4ccccc4N(c4ccc(C(C)(C)C)cc4-c4ccccc4)c4cc(N5c6ccccc6C6(C)CCC56C)cc2c43)cc1. The first kappa shape index (κ1) is 40.8. The van der Waals surface area contributed by atoms with Crippen LogP contribution >= 0.6 is 0 Å². The van der Waals surface area contributed by atoms with Crippen molar-refractivity contribution in [3.05, 3.63) is 174 Å². The maximum Gasteiger partial charge on any atom is 0.252 e. The maximum atomic E-state index is 2.73. The van der Waals surface area contributed by atoms with Crippen LogP contribution in [0.2, 0.25) is 0 Å². The van der Waals surface area contributed by atoms with E-state index in [9.17, 15) is 0 Å². The fourth-order valence-electron chi connectivity index (χ4n) is 11.7. The molecule has 2 atom stereocenters. The molecular formula is C60H62BN3. The van der Waals surface area contributed by atoms with E-state index < -0.39 is 0 Å². The van der Waals surface area contributed by atoms with Crippen LogP contribution in [0, 0.1) is 0 Å². The Bertz CT molecular complexity index is 3000. The van der Waals surface area contributed by atoms with Gasteiger partial charge in [0, 0.05) is 50.8 Å². The van der Waals surface area contributed by atoms with Crippen LogP contribution in [0.1, 0.15) is 111 Å². The van der Waals surface area contributed by atoms with Gasteiger partial charge in [-0.2, -0.15) is 0 Å². The molecule has 0 N–H and O–H groups in total. The lowest BCUT2D eigenvalue weighted by molar-refractivity contribution is 0.133. The summed E-state index contributed by atoms with van der Waals surface area (Å²) in [5.74, 6) is 0. The van der Waals surface area contributed by atoms with Crippen molar-refractivity contribution in [2.24, 2.45) is 0 Å². The highest BCUT2D eigenvalue weighted by Crippen LogP contribution is 2.65. The molecule has 3 heterocycles. The van der Waals surface area contributed by atoms with E-state index in [1.54, 1.807) is 0 Å². The van der Waals surface area contributed by atoms with Crippen molar-refractivity contribution in [3.8, 4) is 11.1 Å². The molecule has 0 amide bonds. The van der Waals surface area contributed by atoms with Crippen molar-refractivity contribution in [1.82, 2.24) is 0 Å². The van der Waals surface area contributed by atoms with Gasteiger partial charge in [-0.1, -0.05) is 166 Å². The van der Waals surface area contributed by atoms with Gasteiger partial charge in [-0.25, -0.2) is 0 Å². The van der Waals surface area contributed by atoms with Crippen molar-refractivity contribution in [1.29, 1.82) is 0 Å². The normalized spacial score (nSPS) is 19.7. The van der Waals surface area contributed by atoms with E-state index in [1.165, 1.54) is 102 Å². The summed E-state index contributed by atoms with van der Waals surface area (Å²) in [6, 6.07) is 58.7. The van der Waals surface area contributed by atoms with Crippen LogP contribution < -0.4 is 31.1 Å². The van der Waals surface area contributed by atoms with Crippen LogP contribution in [0.4, 0.5) is 45.5 Å². The topological polar surface area (TPSA) is 9.72 Å². The van der Waals surface area contributed by atoms with Gasteiger partial charge in [0.25, 0.3) is 6.71 Å². The van der Waals surface area contributed by atoms with Crippen molar-refractivity contribution >= 4 is 68.6 Å². The molecule has 1 fully saturated rings. The number of rotatable bonds is 4. The summed E-state index contributed by atoms with van der Waals surface area (Å²) >= 11 is 0. The molecule has 320 valence electrons. The Labute approximate surface area is 382 Å². The van der Waals surface area contributed by atoms with Gasteiger partial charge in [-0.3, -0.25) is 0 Å². The van der Waals surface area contributed by atoms with Gasteiger partial charge in [0.2, 0.25) is 0 Å². The molecule has 1 saturated carbocycles. The third kappa shape index (κ3) is 5.86. The molecule has 3 nitrogen and oxygen atoms in total. The quantitative estimate of drug-likeness (QED) is 0.164. The molecule has 0 spiro atoms. The first-order valence-corrected chi connectivity index (χ1v) is 23.6. The fourth-order valence-corrected chi connectivity index (χ4v) is 11.7. The van der Waals surface area contributed by atoms with Crippen molar-refractivity contribution in [3.63, 3.8) is 0 Å². The molecule has 7 aromatic carbocycles. The summed E-state index contributed by atoms with van der Waals surface area (Å²) in [6.07, 6.45) is 2.33. The van der Waals surface area contributed by atoms with Crippen LogP contribution in [-0.2, 0) is 21.7 Å². The molecule has 7 aromatic rings. The largest absolute Gasteiger partial charge is 0.334 e. The first-order chi connectivity index (χ1) is 30.4. The zero-order chi connectivity index (χ0) is 44.7. The molecule has 2 unspecified atom stereocenters. The molecule has 0 aromatic heterocycles. The van der Waals surface area contributed by atoms with E-state index in [0.717, 1.165) is 6.42 Å². The number of hydrogen-bond donors (Lipinski definition) is 0. The molecule has 1 aliphatic carbocycles. The molecule has 11 rings (SSSR count). The standard InChI is InChI=1S/C60H62BN3/c1-56(2,3)40-25-29-43(30-26-40)62-52-32-28-42(58(7,8)9)36-48(52)61-47-22-16-18-24-51(47)63(49-31-27-41(57(4,5)6)35-45(49)39-19-13-12-14-20-39)54-38-44(37-53(62)55(54)61)64-50-23-17-15-21-46(50)59(10)33-34-60(59,64)11/h12-32,35-38H,33-34H2,1-11H3. The Morgan fingerprint density at radius 2 is 0.984 bits per heavy atom. The fraction of sp³-hybridized carbons (Fsp3) is 0.300. The van der Waals surface area contributed by atoms with Crippen molar-refractivity contribution in [2.45, 2.75) is 116 Å². The Hall–Kier alpha value is -6.00. The van der Waals surface area contributed by atoms with Gasteiger partial charge >= 0.3 is 0 Å². The predicted octanol–water partition coefficient (Wildman–Crippen LogP) is 14.3. The van der Waals surface area contributed by atoms with E-state index in [2.05, 4.69) is 243 Å². The second kappa shape index (κ2) is 13.8. The summed E-state index contributed by atoms with van der Waals surface area (Å²) in [5.41, 5.74) is 21.9. The highest BCUT2D eigenvalue weighted by molar-refractivity contribution is 7.00. The number of para-hydroxylation sites is 2. The summed E-state index contributed by atoms with van der Waals surface area (Å²) < 4.78 is 0. The van der Waals surface area contributed by atoms with E-state index >= 15 is 0 Å². The number of nitrogens with zero attached hydrogens (tertiary/aromatic N) is 3. The third-order valence-corrected chi connectivity index (χ3v) is 15.8. The summed E-state index contributed by atoms with van der Waals surface area (Å²) in [6.45, 7) is 26.0. The van der Waals surface area contributed by atoms with E-state index in [-0.39, 0.29) is 33.9 Å². The minimum Gasteiger partial charge on any atom is -0.334 e. The zero-order valence-electron chi connectivity index (χ0n) is 39.8. The van der Waals surface area contributed by atoms with Gasteiger partial charge in [-0.15, -0.1) is 0 Å². The summed E-state index contributed by atoms with van der Waals surface area (Å²) in [5, 5.41) is 0. The average Bonchev–Trinajstić information content (AvgIpc) is 3.40. The number of anilines is 8. The highest BCUT2D eigenvalue weighted by atomic mass is 15.3. The predicted molar refractivity (Wildman–Crippen MR) is 276 cm³/mol. The Kier molecular flexibility index (Phi) is 8.76. The molecule has 0 bridgehead atoms.